The second kappa shape index (κ2) is 8.45. The SMILES string of the molecule is Cc1ccccc1C(C)NC(=O)c1nnn(C2CCNCC2)c1C.Cl. The molecule has 0 spiro atoms. The van der Waals surface area contributed by atoms with Crippen LogP contribution in [0.15, 0.2) is 24.3 Å². The standard InChI is InChI=1S/C18H25N5O.ClH/c1-12-6-4-5-7-16(12)13(2)20-18(24)17-14(3)23(22-21-17)15-8-10-19-11-9-15;/h4-7,13,15,19H,8-11H2,1-3H3,(H,20,24);1H. The summed E-state index contributed by atoms with van der Waals surface area (Å²) in [4.78, 5) is 12.6. The average molecular weight is 364 g/mol. The Morgan fingerprint density at radius 3 is 2.64 bits per heavy atom. The molecule has 1 amide bonds. The number of benzene rings is 1. The highest BCUT2D eigenvalue weighted by molar-refractivity contribution is 5.93. The van der Waals surface area contributed by atoms with E-state index in [1.54, 1.807) is 0 Å². The second-order valence-electron chi connectivity index (χ2n) is 6.50. The Labute approximate surface area is 154 Å². The molecule has 1 aliphatic heterocycles. The van der Waals surface area contributed by atoms with Crippen LogP contribution in [0, 0.1) is 13.8 Å². The highest BCUT2D eigenvalue weighted by atomic mass is 35.5. The third kappa shape index (κ3) is 4.19. The van der Waals surface area contributed by atoms with Gasteiger partial charge in [0.25, 0.3) is 5.91 Å². The fourth-order valence-corrected chi connectivity index (χ4v) is 3.36. The molecule has 136 valence electrons. The summed E-state index contributed by atoms with van der Waals surface area (Å²) in [5, 5.41) is 14.8. The number of aromatic nitrogens is 3. The Kier molecular flexibility index (Phi) is 6.56. The average Bonchev–Trinajstić information content (AvgIpc) is 2.97. The van der Waals surface area contributed by atoms with E-state index >= 15 is 0 Å². The summed E-state index contributed by atoms with van der Waals surface area (Å²) in [6.45, 7) is 7.93. The van der Waals surface area contributed by atoms with Crippen molar-refractivity contribution in [2.75, 3.05) is 13.1 Å². The maximum Gasteiger partial charge on any atom is 0.274 e. The van der Waals surface area contributed by atoms with Gasteiger partial charge in [0.05, 0.1) is 17.8 Å². The third-order valence-electron chi connectivity index (χ3n) is 4.80. The number of hydrogen-bond acceptors (Lipinski definition) is 4. The summed E-state index contributed by atoms with van der Waals surface area (Å²) >= 11 is 0. The van der Waals surface area contributed by atoms with Crippen LogP contribution in [0.1, 0.15) is 59.2 Å². The summed E-state index contributed by atoms with van der Waals surface area (Å²) in [6, 6.07) is 8.35. The molecule has 2 heterocycles. The van der Waals surface area contributed by atoms with Crippen LogP contribution in [-0.4, -0.2) is 34.0 Å². The number of carbonyl (C=O) groups is 1. The van der Waals surface area contributed by atoms with Gasteiger partial charge in [-0.25, -0.2) is 4.68 Å². The molecule has 1 atom stereocenters. The molecule has 2 aromatic rings. The van der Waals surface area contributed by atoms with Crippen LogP contribution in [0.3, 0.4) is 0 Å². The topological polar surface area (TPSA) is 71.8 Å². The number of nitrogens with one attached hydrogen (secondary N) is 2. The van der Waals surface area contributed by atoms with Gasteiger partial charge in [0.2, 0.25) is 0 Å². The fourth-order valence-electron chi connectivity index (χ4n) is 3.36. The van der Waals surface area contributed by atoms with E-state index < -0.39 is 0 Å². The summed E-state index contributed by atoms with van der Waals surface area (Å²) in [5.74, 6) is -0.163. The Hall–Kier alpha value is -1.92. The summed E-state index contributed by atoms with van der Waals surface area (Å²) in [7, 11) is 0. The maximum absolute atomic E-state index is 12.6. The van der Waals surface area contributed by atoms with Gasteiger partial charge in [-0.1, -0.05) is 29.5 Å². The zero-order valence-corrected chi connectivity index (χ0v) is 15.8. The van der Waals surface area contributed by atoms with E-state index in [-0.39, 0.29) is 24.4 Å². The molecule has 1 unspecified atom stereocenters. The Bertz CT molecular complexity index is 724. The number of amides is 1. The zero-order valence-electron chi connectivity index (χ0n) is 15.0. The molecule has 2 N–H and O–H groups in total. The Morgan fingerprint density at radius 2 is 1.96 bits per heavy atom. The molecule has 7 heteroatoms. The number of rotatable bonds is 4. The monoisotopic (exact) mass is 363 g/mol. The lowest BCUT2D eigenvalue weighted by Crippen LogP contribution is -2.31. The molecule has 1 fully saturated rings. The maximum atomic E-state index is 12.6. The summed E-state index contributed by atoms with van der Waals surface area (Å²) < 4.78 is 1.91. The lowest BCUT2D eigenvalue weighted by Gasteiger charge is -2.23. The normalized spacial score (nSPS) is 16.1. The molecule has 0 aliphatic carbocycles. The lowest BCUT2D eigenvalue weighted by molar-refractivity contribution is 0.0934. The fraction of sp³-hybridized carbons (Fsp3) is 0.500. The smallest absolute Gasteiger partial charge is 0.274 e. The Balaban J connectivity index is 0.00000225. The van der Waals surface area contributed by atoms with Gasteiger partial charge >= 0.3 is 0 Å². The molecule has 1 aromatic carbocycles. The van der Waals surface area contributed by atoms with Crippen LogP contribution >= 0.6 is 12.4 Å². The van der Waals surface area contributed by atoms with Crippen LogP contribution in [-0.2, 0) is 0 Å². The molecular weight excluding hydrogens is 338 g/mol. The first-order valence-corrected chi connectivity index (χ1v) is 8.57. The molecule has 0 bridgehead atoms. The molecule has 1 aliphatic rings. The van der Waals surface area contributed by atoms with Crippen LogP contribution in [0.5, 0.6) is 0 Å². The minimum absolute atomic E-state index is 0. The summed E-state index contributed by atoms with van der Waals surface area (Å²) in [5.41, 5.74) is 3.56. The quantitative estimate of drug-likeness (QED) is 0.876. The van der Waals surface area contributed by atoms with Crippen molar-refractivity contribution in [3.8, 4) is 0 Å². The van der Waals surface area contributed by atoms with Crippen molar-refractivity contribution in [1.82, 2.24) is 25.6 Å². The van der Waals surface area contributed by atoms with Gasteiger partial charge in [0, 0.05) is 0 Å². The number of halogens is 1. The van der Waals surface area contributed by atoms with Crippen LogP contribution in [0.2, 0.25) is 0 Å². The van der Waals surface area contributed by atoms with Crippen LogP contribution in [0.4, 0.5) is 0 Å². The zero-order chi connectivity index (χ0) is 17.1. The van der Waals surface area contributed by atoms with Gasteiger partial charge in [0.1, 0.15) is 0 Å². The van der Waals surface area contributed by atoms with Crippen molar-refractivity contribution in [3.05, 3.63) is 46.8 Å². The number of nitrogens with zero attached hydrogens (tertiary/aromatic N) is 3. The number of carbonyl (C=O) groups excluding carboxylic acids is 1. The number of aryl methyl sites for hydroxylation is 1. The predicted molar refractivity (Wildman–Crippen MR) is 100 cm³/mol. The van der Waals surface area contributed by atoms with Crippen molar-refractivity contribution < 1.29 is 4.79 Å². The van der Waals surface area contributed by atoms with Gasteiger partial charge < -0.3 is 10.6 Å². The molecule has 0 radical (unpaired) electrons. The first kappa shape index (κ1) is 19.4. The van der Waals surface area contributed by atoms with Crippen molar-refractivity contribution in [1.29, 1.82) is 0 Å². The first-order chi connectivity index (χ1) is 11.6. The van der Waals surface area contributed by atoms with Crippen molar-refractivity contribution in [3.63, 3.8) is 0 Å². The largest absolute Gasteiger partial charge is 0.344 e. The molecular formula is C18H26ClN5O. The van der Waals surface area contributed by atoms with E-state index in [4.69, 9.17) is 0 Å². The van der Waals surface area contributed by atoms with Gasteiger partial charge in [-0.15, -0.1) is 17.5 Å². The Morgan fingerprint density at radius 1 is 1.28 bits per heavy atom. The molecule has 1 aromatic heterocycles. The highest BCUT2D eigenvalue weighted by Crippen LogP contribution is 2.21. The van der Waals surface area contributed by atoms with E-state index in [1.807, 2.05) is 36.7 Å². The van der Waals surface area contributed by atoms with E-state index in [2.05, 4.69) is 33.9 Å². The molecule has 25 heavy (non-hydrogen) atoms. The van der Waals surface area contributed by atoms with Gasteiger partial charge in [0.15, 0.2) is 5.69 Å². The van der Waals surface area contributed by atoms with Gasteiger partial charge in [-0.3, -0.25) is 4.79 Å². The second-order valence-corrected chi connectivity index (χ2v) is 6.50. The highest BCUT2D eigenvalue weighted by Gasteiger charge is 2.23. The van der Waals surface area contributed by atoms with Crippen LogP contribution in [0.25, 0.3) is 0 Å². The number of hydrogen-bond donors (Lipinski definition) is 2. The van der Waals surface area contributed by atoms with Gasteiger partial charge in [-0.2, -0.15) is 0 Å². The van der Waals surface area contributed by atoms with Crippen LogP contribution < -0.4 is 10.6 Å². The van der Waals surface area contributed by atoms with E-state index in [0.29, 0.717) is 11.7 Å². The van der Waals surface area contributed by atoms with Crippen molar-refractivity contribution >= 4 is 18.3 Å². The summed E-state index contributed by atoms with van der Waals surface area (Å²) in [6.07, 6.45) is 2.04. The van der Waals surface area contributed by atoms with Crippen molar-refractivity contribution in [2.24, 2.45) is 0 Å². The third-order valence-corrected chi connectivity index (χ3v) is 4.80. The molecule has 0 saturated carbocycles. The number of piperidine rings is 1. The first-order valence-electron chi connectivity index (χ1n) is 8.57. The van der Waals surface area contributed by atoms with E-state index in [0.717, 1.165) is 37.2 Å². The van der Waals surface area contributed by atoms with E-state index in [9.17, 15) is 4.79 Å². The minimum atomic E-state index is -0.163. The predicted octanol–water partition coefficient (Wildman–Crippen LogP) is 2.73. The van der Waals surface area contributed by atoms with Gasteiger partial charge in [-0.05, 0) is 57.8 Å². The lowest BCUT2D eigenvalue weighted by atomic mass is 10.0. The molecule has 6 nitrogen and oxygen atoms in total. The molecule has 1 saturated heterocycles. The van der Waals surface area contributed by atoms with E-state index in [1.165, 1.54) is 5.56 Å². The van der Waals surface area contributed by atoms with Crippen molar-refractivity contribution in [2.45, 2.75) is 45.7 Å². The molecule has 3 rings (SSSR count). The minimum Gasteiger partial charge on any atom is -0.344 e.